The zero-order valence-corrected chi connectivity index (χ0v) is 32.6. The minimum absolute atomic E-state index is 0.0227. The number of aromatic nitrogens is 4. The van der Waals surface area contributed by atoms with Crippen LogP contribution in [0, 0.1) is 17.3 Å². The van der Waals surface area contributed by atoms with E-state index in [2.05, 4.69) is 86.2 Å². The van der Waals surface area contributed by atoms with E-state index in [1.807, 2.05) is 9.80 Å². The molecule has 2 unspecified atom stereocenters. The second-order valence-electron chi connectivity index (χ2n) is 17.9. The van der Waals surface area contributed by atoms with Crippen molar-refractivity contribution >= 4 is 33.9 Å². The third kappa shape index (κ3) is 6.43. The first-order valence-corrected chi connectivity index (χ1v) is 20.9. The van der Waals surface area contributed by atoms with Crippen molar-refractivity contribution in [3.8, 4) is 22.3 Å². The van der Waals surface area contributed by atoms with Gasteiger partial charge in [0.2, 0.25) is 11.8 Å². The summed E-state index contributed by atoms with van der Waals surface area (Å²) in [6, 6.07) is 18.2. The maximum atomic E-state index is 13.1. The maximum absolute atomic E-state index is 13.1. The molecule has 9 rings (SSSR count). The van der Waals surface area contributed by atoms with Gasteiger partial charge in [0.1, 0.15) is 11.6 Å². The maximum Gasteiger partial charge on any atom is 0.223 e. The van der Waals surface area contributed by atoms with E-state index >= 15 is 0 Å². The molecule has 8 nitrogen and oxygen atoms in total. The van der Waals surface area contributed by atoms with Gasteiger partial charge in [0.15, 0.2) is 0 Å². The van der Waals surface area contributed by atoms with Crippen molar-refractivity contribution < 1.29 is 9.59 Å². The van der Waals surface area contributed by atoms with E-state index in [0.717, 1.165) is 85.3 Å². The number of nitrogens with zero attached hydrogens (tertiary/aromatic N) is 4. The van der Waals surface area contributed by atoms with Gasteiger partial charge in [-0.3, -0.25) is 9.59 Å². The summed E-state index contributed by atoms with van der Waals surface area (Å²) < 4.78 is 0. The van der Waals surface area contributed by atoms with Gasteiger partial charge in [-0.05, 0) is 126 Å². The molecule has 5 aromatic rings. The molecule has 2 amide bonds. The number of hydrogen-bond donors (Lipinski definition) is 2. The molecular formula is C46H56N6O2. The molecule has 2 N–H and O–H groups in total. The first-order chi connectivity index (χ1) is 26.1. The number of carbonyl (C=O) groups is 2. The van der Waals surface area contributed by atoms with Gasteiger partial charge < -0.3 is 19.8 Å². The average molecular weight is 725 g/mol. The number of rotatable bonds is 8. The summed E-state index contributed by atoms with van der Waals surface area (Å²) in [5.41, 5.74) is 12.5. The monoisotopic (exact) mass is 724 g/mol. The highest BCUT2D eigenvalue weighted by atomic mass is 16.2. The molecule has 2 aromatic heterocycles. The summed E-state index contributed by atoms with van der Waals surface area (Å²) in [5.74, 6) is 3.00. The van der Waals surface area contributed by atoms with Crippen LogP contribution in [0.4, 0.5) is 0 Å². The molecule has 2 aliphatic heterocycles. The Balaban J connectivity index is 1.05. The third-order valence-corrected chi connectivity index (χ3v) is 13.0. The van der Waals surface area contributed by atoms with Crippen molar-refractivity contribution in [2.75, 3.05) is 13.1 Å². The first-order valence-electron chi connectivity index (χ1n) is 20.9. The fraction of sp³-hybridized carbons (Fsp3) is 0.522. The Morgan fingerprint density at radius 2 is 1.13 bits per heavy atom. The van der Waals surface area contributed by atoms with Gasteiger partial charge in [0, 0.05) is 25.9 Å². The number of carbonyl (C=O) groups excluding carboxylic acids is 2. The molecule has 1 spiro atoms. The number of imidazole rings is 2. The summed E-state index contributed by atoms with van der Waals surface area (Å²) in [7, 11) is 0. The van der Waals surface area contributed by atoms with E-state index in [1.54, 1.807) is 0 Å². The van der Waals surface area contributed by atoms with Crippen LogP contribution in [0.1, 0.15) is 133 Å². The number of hydrogen-bond acceptors (Lipinski definition) is 4. The molecule has 4 aliphatic rings. The molecule has 2 atom stereocenters. The Hall–Kier alpha value is -4.46. The number of fused-ring (bicyclic) bond motifs is 3. The van der Waals surface area contributed by atoms with E-state index < -0.39 is 0 Å². The summed E-state index contributed by atoms with van der Waals surface area (Å²) in [6.45, 7) is 10.1. The van der Waals surface area contributed by atoms with E-state index in [4.69, 9.17) is 9.97 Å². The lowest BCUT2D eigenvalue weighted by molar-refractivity contribution is -0.133. The molecule has 1 saturated carbocycles. The quantitative estimate of drug-likeness (QED) is 0.166. The Kier molecular flexibility index (Phi) is 9.14. The van der Waals surface area contributed by atoms with Gasteiger partial charge in [0.25, 0.3) is 0 Å². The highest BCUT2D eigenvalue weighted by Crippen LogP contribution is 2.52. The second kappa shape index (κ2) is 14.0. The van der Waals surface area contributed by atoms with E-state index in [9.17, 15) is 9.59 Å². The lowest BCUT2D eigenvalue weighted by Crippen LogP contribution is -2.31. The number of H-pyrrole nitrogens is 2. The van der Waals surface area contributed by atoms with Gasteiger partial charge in [-0.1, -0.05) is 71.2 Å². The van der Waals surface area contributed by atoms with Gasteiger partial charge in [-0.2, -0.15) is 0 Å². The Bertz CT molecular complexity index is 2070. The fourth-order valence-electron chi connectivity index (χ4n) is 10.4. The number of aromatic amines is 2. The van der Waals surface area contributed by atoms with Gasteiger partial charge in [-0.25, -0.2) is 9.97 Å². The number of amides is 2. The van der Waals surface area contributed by atoms with Crippen molar-refractivity contribution in [1.82, 2.24) is 29.7 Å². The van der Waals surface area contributed by atoms with Gasteiger partial charge in [0.05, 0.1) is 34.2 Å². The van der Waals surface area contributed by atoms with Crippen LogP contribution in [-0.4, -0.2) is 54.6 Å². The molecule has 3 aromatic carbocycles. The van der Waals surface area contributed by atoms with Gasteiger partial charge >= 0.3 is 0 Å². The highest BCUT2D eigenvalue weighted by molar-refractivity contribution is 5.88. The molecule has 54 heavy (non-hydrogen) atoms. The average Bonchev–Trinajstić information content (AvgIpc) is 3.98. The van der Waals surface area contributed by atoms with Crippen LogP contribution >= 0.6 is 0 Å². The molecule has 0 radical (unpaired) electrons. The minimum Gasteiger partial charge on any atom is -0.340 e. The van der Waals surface area contributed by atoms with Crippen LogP contribution in [0.25, 0.3) is 44.3 Å². The number of nitrogens with one attached hydrogen (secondary N) is 2. The second-order valence-corrected chi connectivity index (χ2v) is 17.9. The van der Waals surface area contributed by atoms with E-state index in [0.29, 0.717) is 30.1 Å². The highest BCUT2D eigenvalue weighted by Gasteiger charge is 2.41. The topological polar surface area (TPSA) is 98.0 Å². The predicted octanol–water partition coefficient (Wildman–Crippen LogP) is 10.2. The minimum atomic E-state index is 0.0227. The van der Waals surface area contributed by atoms with E-state index in [1.165, 1.54) is 65.5 Å². The Morgan fingerprint density at radius 3 is 1.57 bits per heavy atom. The normalized spacial score (nSPS) is 21.1. The van der Waals surface area contributed by atoms with Crippen LogP contribution in [0.3, 0.4) is 0 Å². The van der Waals surface area contributed by atoms with Crippen molar-refractivity contribution in [1.29, 1.82) is 0 Å². The summed E-state index contributed by atoms with van der Waals surface area (Å²) >= 11 is 0. The molecule has 282 valence electrons. The molecule has 8 heteroatoms. The molecular weight excluding hydrogens is 669 g/mol. The smallest absolute Gasteiger partial charge is 0.223 e. The number of likely N-dealkylation sites (tertiary alicyclic amines) is 2. The molecule has 2 saturated heterocycles. The Morgan fingerprint density at radius 1 is 0.667 bits per heavy atom. The predicted molar refractivity (Wildman–Crippen MR) is 216 cm³/mol. The van der Waals surface area contributed by atoms with Crippen molar-refractivity contribution in [2.45, 2.75) is 123 Å². The SMILES string of the molecule is CC(C)CC(=O)N1CCCC1c1nc2ccc(-c3ccc(-c4ccc5nc(C6CCCN6C(=O)CC(C)C)[nH]c5c4)c4c3CC3(CCCCC3)C4)cc2[nH]1. The fourth-order valence-corrected chi connectivity index (χ4v) is 10.4. The lowest BCUT2D eigenvalue weighted by Gasteiger charge is -2.33. The summed E-state index contributed by atoms with van der Waals surface area (Å²) in [4.78, 5) is 47.7. The van der Waals surface area contributed by atoms with E-state index in [-0.39, 0.29) is 23.9 Å². The molecule has 0 bridgehead atoms. The zero-order valence-electron chi connectivity index (χ0n) is 32.6. The zero-order chi connectivity index (χ0) is 37.1. The summed E-state index contributed by atoms with van der Waals surface area (Å²) in [5, 5.41) is 0. The lowest BCUT2D eigenvalue weighted by atomic mass is 9.72. The van der Waals surface area contributed by atoms with Crippen LogP contribution < -0.4 is 0 Å². The third-order valence-electron chi connectivity index (χ3n) is 13.0. The molecule has 4 heterocycles. The van der Waals surface area contributed by atoms with Crippen molar-refractivity contribution in [3.63, 3.8) is 0 Å². The standard InChI is InChI=1S/C46H56N6O2/c1-28(2)22-42(53)51-20-8-10-40(51)44-47-36-16-12-30(24-38(36)49-44)32-14-15-33(35-27-46(26-34(32)35)18-6-5-7-19-46)31-13-17-37-39(25-31)50-45(48-37)41-11-9-21-52(41)43(54)23-29(3)4/h12-17,24-25,28-29,40-41H,5-11,18-23,26-27H2,1-4H3,(H,47,49)(H,48,50). The molecule has 2 aliphatic carbocycles. The largest absolute Gasteiger partial charge is 0.340 e. The Labute approximate surface area is 319 Å². The first kappa shape index (κ1) is 35.3. The number of benzene rings is 3. The van der Waals surface area contributed by atoms with Crippen LogP contribution in [0.15, 0.2) is 48.5 Å². The molecule has 3 fully saturated rings. The van der Waals surface area contributed by atoms with Crippen molar-refractivity contribution in [3.05, 3.63) is 71.3 Å². The van der Waals surface area contributed by atoms with Gasteiger partial charge in [-0.15, -0.1) is 0 Å². The van der Waals surface area contributed by atoms with Crippen molar-refractivity contribution in [2.24, 2.45) is 17.3 Å². The van der Waals surface area contributed by atoms with Crippen LogP contribution in [-0.2, 0) is 22.4 Å². The summed E-state index contributed by atoms with van der Waals surface area (Å²) in [6.07, 6.45) is 14.0. The van der Waals surface area contributed by atoms with Crippen LogP contribution in [0.2, 0.25) is 0 Å². The van der Waals surface area contributed by atoms with Crippen LogP contribution in [0.5, 0.6) is 0 Å².